The zero-order chi connectivity index (χ0) is 13.7. The van der Waals surface area contributed by atoms with E-state index < -0.39 is 12.1 Å². The largest absolute Gasteiger partial charge is 0.363 e. The second-order valence-corrected chi connectivity index (χ2v) is 4.02. The SMILES string of the molecule is C[C@@H](NC(N)=O)C(=O)Nc1ccc(N(C)C)nc1. The zero-order valence-corrected chi connectivity index (χ0v) is 10.6. The number of hydrogen-bond donors (Lipinski definition) is 3. The Morgan fingerprint density at radius 3 is 2.50 bits per heavy atom. The number of nitrogens with one attached hydrogen (secondary N) is 2. The van der Waals surface area contributed by atoms with Crippen LogP contribution in [0, 0.1) is 0 Å². The molecule has 1 heterocycles. The van der Waals surface area contributed by atoms with Crippen molar-refractivity contribution < 1.29 is 9.59 Å². The van der Waals surface area contributed by atoms with E-state index in [2.05, 4.69) is 15.6 Å². The maximum absolute atomic E-state index is 11.6. The lowest BCUT2D eigenvalue weighted by molar-refractivity contribution is -0.117. The molecule has 98 valence electrons. The molecule has 1 rings (SSSR count). The number of nitrogens with zero attached hydrogens (tertiary/aromatic N) is 2. The number of amides is 3. The molecule has 0 spiro atoms. The van der Waals surface area contributed by atoms with Crippen LogP contribution in [0.4, 0.5) is 16.3 Å². The van der Waals surface area contributed by atoms with E-state index in [0.717, 1.165) is 5.82 Å². The molecule has 0 aliphatic rings. The van der Waals surface area contributed by atoms with Crippen LogP contribution in [0.5, 0.6) is 0 Å². The van der Waals surface area contributed by atoms with Crippen LogP contribution >= 0.6 is 0 Å². The van der Waals surface area contributed by atoms with E-state index in [4.69, 9.17) is 5.73 Å². The third-order valence-electron chi connectivity index (χ3n) is 2.23. The van der Waals surface area contributed by atoms with Crippen LogP contribution in [-0.2, 0) is 4.79 Å². The van der Waals surface area contributed by atoms with E-state index >= 15 is 0 Å². The van der Waals surface area contributed by atoms with E-state index in [1.807, 2.05) is 19.0 Å². The molecule has 1 aromatic rings. The lowest BCUT2D eigenvalue weighted by atomic mass is 10.3. The zero-order valence-electron chi connectivity index (χ0n) is 10.6. The van der Waals surface area contributed by atoms with E-state index in [-0.39, 0.29) is 5.91 Å². The van der Waals surface area contributed by atoms with Gasteiger partial charge in [0.25, 0.3) is 0 Å². The predicted molar refractivity (Wildman–Crippen MR) is 69.4 cm³/mol. The van der Waals surface area contributed by atoms with E-state index in [1.54, 1.807) is 25.3 Å². The number of rotatable bonds is 4. The van der Waals surface area contributed by atoms with Crippen molar-refractivity contribution in [2.45, 2.75) is 13.0 Å². The summed E-state index contributed by atoms with van der Waals surface area (Å²) in [4.78, 5) is 28.2. The van der Waals surface area contributed by atoms with Gasteiger partial charge in [-0.2, -0.15) is 0 Å². The van der Waals surface area contributed by atoms with Crippen LogP contribution in [0.15, 0.2) is 18.3 Å². The quantitative estimate of drug-likeness (QED) is 0.708. The summed E-state index contributed by atoms with van der Waals surface area (Å²) in [5.74, 6) is 0.435. The molecule has 0 fully saturated rings. The Morgan fingerprint density at radius 1 is 1.39 bits per heavy atom. The van der Waals surface area contributed by atoms with Gasteiger partial charge in [0.1, 0.15) is 11.9 Å². The number of urea groups is 1. The van der Waals surface area contributed by atoms with Crippen LogP contribution in [0.1, 0.15) is 6.92 Å². The van der Waals surface area contributed by atoms with Gasteiger partial charge in [-0.15, -0.1) is 0 Å². The third kappa shape index (κ3) is 3.93. The fourth-order valence-corrected chi connectivity index (χ4v) is 1.25. The minimum Gasteiger partial charge on any atom is -0.363 e. The standard InChI is InChI=1S/C11H17N5O2/c1-7(14-11(12)18)10(17)15-8-4-5-9(13-6-8)16(2)3/h4-7H,1-3H3,(H,15,17)(H3,12,14,18)/t7-/m1/s1. The number of pyridine rings is 1. The first-order chi connectivity index (χ1) is 8.40. The Bertz CT molecular complexity index is 430. The highest BCUT2D eigenvalue weighted by Gasteiger charge is 2.14. The van der Waals surface area contributed by atoms with Crippen LogP contribution < -0.4 is 21.3 Å². The van der Waals surface area contributed by atoms with Gasteiger partial charge in [0.05, 0.1) is 11.9 Å². The summed E-state index contributed by atoms with van der Waals surface area (Å²) >= 11 is 0. The highest BCUT2D eigenvalue weighted by atomic mass is 16.2. The first kappa shape index (κ1) is 13.8. The Labute approximate surface area is 105 Å². The lowest BCUT2D eigenvalue weighted by Gasteiger charge is -2.14. The topological polar surface area (TPSA) is 100 Å². The number of nitrogens with two attached hydrogens (primary N) is 1. The Balaban J connectivity index is 2.62. The van der Waals surface area contributed by atoms with E-state index in [9.17, 15) is 9.59 Å². The Hall–Kier alpha value is -2.31. The molecule has 4 N–H and O–H groups in total. The number of carbonyl (C=O) groups excluding carboxylic acids is 2. The second kappa shape index (κ2) is 5.85. The second-order valence-electron chi connectivity index (χ2n) is 4.02. The van der Waals surface area contributed by atoms with Crippen LogP contribution in [-0.4, -0.2) is 37.1 Å². The van der Waals surface area contributed by atoms with Gasteiger partial charge in [0.2, 0.25) is 5.91 Å². The minimum absolute atomic E-state index is 0.354. The molecule has 0 aliphatic heterocycles. The average molecular weight is 251 g/mol. The molecule has 7 nitrogen and oxygen atoms in total. The van der Waals surface area contributed by atoms with Crippen molar-refractivity contribution in [2.75, 3.05) is 24.3 Å². The molecule has 1 atom stereocenters. The fourth-order valence-electron chi connectivity index (χ4n) is 1.25. The van der Waals surface area contributed by atoms with Crippen molar-refractivity contribution in [3.63, 3.8) is 0 Å². The number of primary amides is 1. The van der Waals surface area contributed by atoms with Gasteiger partial charge in [-0.3, -0.25) is 4.79 Å². The summed E-state index contributed by atoms with van der Waals surface area (Å²) in [7, 11) is 3.75. The fraction of sp³-hybridized carbons (Fsp3) is 0.364. The average Bonchev–Trinajstić information content (AvgIpc) is 2.28. The summed E-state index contributed by atoms with van der Waals surface area (Å²) < 4.78 is 0. The summed E-state index contributed by atoms with van der Waals surface area (Å²) in [6.45, 7) is 1.54. The van der Waals surface area contributed by atoms with E-state index in [0.29, 0.717) is 5.69 Å². The highest BCUT2D eigenvalue weighted by Crippen LogP contribution is 2.11. The lowest BCUT2D eigenvalue weighted by Crippen LogP contribution is -2.44. The summed E-state index contributed by atoms with van der Waals surface area (Å²) in [6.07, 6.45) is 1.55. The third-order valence-corrected chi connectivity index (χ3v) is 2.23. The van der Waals surface area contributed by atoms with Gasteiger partial charge in [-0.1, -0.05) is 0 Å². The van der Waals surface area contributed by atoms with E-state index in [1.165, 1.54) is 0 Å². The first-order valence-corrected chi connectivity index (χ1v) is 5.40. The molecule has 1 aromatic heterocycles. The Morgan fingerprint density at radius 2 is 2.06 bits per heavy atom. The molecule has 0 aromatic carbocycles. The van der Waals surface area contributed by atoms with Gasteiger partial charge in [0.15, 0.2) is 0 Å². The molecule has 0 saturated heterocycles. The molecule has 3 amide bonds. The van der Waals surface area contributed by atoms with Crippen molar-refractivity contribution in [3.8, 4) is 0 Å². The van der Waals surface area contributed by atoms with Crippen molar-refractivity contribution in [1.29, 1.82) is 0 Å². The van der Waals surface area contributed by atoms with Gasteiger partial charge >= 0.3 is 6.03 Å². The molecule has 18 heavy (non-hydrogen) atoms. The van der Waals surface area contributed by atoms with Crippen LogP contribution in [0.3, 0.4) is 0 Å². The maximum atomic E-state index is 11.6. The van der Waals surface area contributed by atoms with Crippen molar-refractivity contribution in [2.24, 2.45) is 5.73 Å². The molecule has 7 heteroatoms. The number of carbonyl (C=O) groups is 2. The van der Waals surface area contributed by atoms with Crippen LogP contribution in [0.25, 0.3) is 0 Å². The minimum atomic E-state index is -0.737. The molecular formula is C11H17N5O2. The number of hydrogen-bond acceptors (Lipinski definition) is 4. The summed E-state index contributed by atoms with van der Waals surface area (Å²) in [6, 6.07) is 2.08. The van der Waals surface area contributed by atoms with Gasteiger partial charge in [-0.05, 0) is 19.1 Å². The molecule has 0 saturated carbocycles. The molecule has 0 bridgehead atoms. The molecule has 0 radical (unpaired) electrons. The Kier molecular flexibility index (Phi) is 4.47. The van der Waals surface area contributed by atoms with Crippen molar-refractivity contribution in [3.05, 3.63) is 18.3 Å². The predicted octanol–water partition coefficient (Wildman–Crippen LogP) is 0.143. The van der Waals surface area contributed by atoms with Crippen molar-refractivity contribution in [1.82, 2.24) is 10.3 Å². The van der Waals surface area contributed by atoms with Crippen LogP contribution in [0.2, 0.25) is 0 Å². The molecule has 0 aliphatic carbocycles. The molecule has 0 unspecified atom stereocenters. The summed E-state index contributed by atoms with van der Waals surface area (Å²) in [5.41, 5.74) is 5.49. The smallest absolute Gasteiger partial charge is 0.312 e. The van der Waals surface area contributed by atoms with Gasteiger partial charge in [0, 0.05) is 14.1 Å². The highest BCUT2D eigenvalue weighted by molar-refractivity contribution is 5.96. The van der Waals surface area contributed by atoms with Gasteiger partial charge in [-0.25, -0.2) is 9.78 Å². The summed E-state index contributed by atoms with van der Waals surface area (Å²) in [5, 5.41) is 4.91. The maximum Gasteiger partial charge on any atom is 0.312 e. The normalized spacial score (nSPS) is 11.5. The van der Waals surface area contributed by atoms with Crippen molar-refractivity contribution >= 4 is 23.4 Å². The monoisotopic (exact) mass is 251 g/mol. The molecular weight excluding hydrogens is 234 g/mol. The first-order valence-electron chi connectivity index (χ1n) is 5.40. The van der Waals surface area contributed by atoms with Gasteiger partial charge < -0.3 is 21.3 Å². The number of aromatic nitrogens is 1. The number of anilines is 2.